The first-order valence-corrected chi connectivity index (χ1v) is 7.98. The first-order valence-electron chi connectivity index (χ1n) is 6.90. The number of hydrogen-bond donors (Lipinski definition) is 1. The topological polar surface area (TPSA) is 55.4 Å². The van der Waals surface area contributed by atoms with Gasteiger partial charge in [0.25, 0.3) is 5.91 Å². The highest BCUT2D eigenvalue weighted by atomic mass is 127. The molecule has 1 amide bonds. The zero-order valence-corrected chi connectivity index (χ0v) is 14.3. The van der Waals surface area contributed by atoms with Crippen LogP contribution in [-0.2, 0) is 16.0 Å². The molecule has 4 nitrogen and oxygen atoms in total. The Balaban J connectivity index is 1.87. The van der Waals surface area contributed by atoms with Crippen molar-refractivity contribution in [1.82, 2.24) is 0 Å². The number of anilines is 1. The number of amides is 1. The van der Waals surface area contributed by atoms with Gasteiger partial charge in [-0.1, -0.05) is 19.1 Å². The van der Waals surface area contributed by atoms with Crippen LogP contribution in [0, 0.1) is 3.57 Å². The number of benzene rings is 2. The second-order valence-electron chi connectivity index (χ2n) is 4.69. The molecule has 1 N–H and O–H groups in total. The lowest BCUT2D eigenvalue weighted by atomic mass is 10.1. The monoisotopic (exact) mass is 409 g/mol. The van der Waals surface area contributed by atoms with Crippen LogP contribution in [-0.4, -0.2) is 18.5 Å². The summed E-state index contributed by atoms with van der Waals surface area (Å²) in [6.07, 6.45) is 0.894. The van der Waals surface area contributed by atoms with Crippen molar-refractivity contribution in [3.05, 3.63) is 63.2 Å². The molecule has 0 bridgehead atoms. The van der Waals surface area contributed by atoms with E-state index in [-0.39, 0.29) is 12.5 Å². The highest BCUT2D eigenvalue weighted by Gasteiger charge is 2.10. The summed E-state index contributed by atoms with van der Waals surface area (Å²) >= 11 is 2.15. The predicted molar refractivity (Wildman–Crippen MR) is 93.9 cm³/mol. The van der Waals surface area contributed by atoms with Gasteiger partial charge in [-0.15, -0.1) is 0 Å². The predicted octanol–water partition coefficient (Wildman–Crippen LogP) is 3.65. The fraction of sp³-hybridized carbons (Fsp3) is 0.176. The third kappa shape index (κ3) is 4.84. The fourth-order valence-electron chi connectivity index (χ4n) is 1.87. The molecule has 114 valence electrons. The third-order valence-electron chi connectivity index (χ3n) is 3.03. The second kappa shape index (κ2) is 7.93. The van der Waals surface area contributed by atoms with Crippen molar-refractivity contribution < 1.29 is 14.3 Å². The Labute approximate surface area is 143 Å². The van der Waals surface area contributed by atoms with E-state index in [1.54, 1.807) is 18.2 Å². The van der Waals surface area contributed by atoms with Gasteiger partial charge in [0.2, 0.25) is 0 Å². The summed E-state index contributed by atoms with van der Waals surface area (Å²) in [5, 5.41) is 2.72. The Hall–Kier alpha value is -1.89. The van der Waals surface area contributed by atoms with Crippen LogP contribution in [0.4, 0.5) is 5.69 Å². The van der Waals surface area contributed by atoms with Gasteiger partial charge >= 0.3 is 5.97 Å². The van der Waals surface area contributed by atoms with Crippen molar-refractivity contribution in [2.75, 3.05) is 11.9 Å². The maximum atomic E-state index is 11.8. The largest absolute Gasteiger partial charge is 0.452 e. The van der Waals surface area contributed by atoms with E-state index in [0.29, 0.717) is 11.3 Å². The minimum Gasteiger partial charge on any atom is -0.452 e. The zero-order chi connectivity index (χ0) is 15.9. The molecule has 0 saturated carbocycles. The summed E-state index contributed by atoms with van der Waals surface area (Å²) in [6, 6.07) is 14.6. The molecule has 0 unspecified atom stereocenters. The molecule has 5 heteroatoms. The van der Waals surface area contributed by atoms with Crippen LogP contribution in [0.3, 0.4) is 0 Å². The molecule has 22 heavy (non-hydrogen) atoms. The Bertz CT molecular complexity index is 668. The van der Waals surface area contributed by atoms with Gasteiger partial charge < -0.3 is 10.1 Å². The molecule has 2 aromatic carbocycles. The van der Waals surface area contributed by atoms with Crippen molar-refractivity contribution >= 4 is 40.2 Å². The molecule has 0 aliphatic heterocycles. The van der Waals surface area contributed by atoms with Crippen molar-refractivity contribution in [2.24, 2.45) is 0 Å². The number of ether oxygens (including phenoxy) is 1. The summed E-state index contributed by atoms with van der Waals surface area (Å²) in [4.78, 5) is 23.6. The third-order valence-corrected chi connectivity index (χ3v) is 3.75. The van der Waals surface area contributed by atoms with Gasteiger partial charge in [-0.25, -0.2) is 4.79 Å². The van der Waals surface area contributed by atoms with Gasteiger partial charge in [-0.05, 0) is 71.0 Å². The first kappa shape index (κ1) is 16.5. The molecule has 0 heterocycles. The maximum Gasteiger partial charge on any atom is 0.338 e. The molecule has 0 spiro atoms. The zero-order valence-electron chi connectivity index (χ0n) is 12.1. The molecule has 0 aliphatic carbocycles. The van der Waals surface area contributed by atoms with Crippen LogP contribution in [0.5, 0.6) is 0 Å². The minimum atomic E-state index is -0.506. The van der Waals surface area contributed by atoms with Gasteiger partial charge in [0, 0.05) is 9.26 Å². The van der Waals surface area contributed by atoms with Gasteiger partial charge in [-0.3, -0.25) is 4.79 Å². The quantitative estimate of drug-likeness (QED) is 0.606. The summed E-state index contributed by atoms with van der Waals surface area (Å²) in [6.45, 7) is 1.74. The standard InChI is InChI=1S/C17H16INO3/c1-2-12-4-3-5-15(10-12)19-16(20)11-22-17(21)13-6-8-14(18)9-7-13/h3-10H,2,11H2,1H3,(H,19,20). The van der Waals surface area contributed by atoms with Crippen molar-refractivity contribution in [3.8, 4) is 0 Å². The van der Waals surface area contributed by atoms with E-state index in [9.17, 15) is 9.59 Å². The number of rotatable bonds is 5. The number of hydrogen-bond acceptors (Lipinski definition) is 3. The molecule has 0 aliphatic rings. The Morgan fingerprint density at radius 1 is 1.14 bits per heavy atom. The lowest BCUT2D eigenvalue weighted by Crippen LogP contribution is -2.21. The highest BCUT2D eigenvalue weighted by molar-refractivity contribution is 14.1. The first-order chi connectivity index (χ1) is 10.6. The van der Waals surface area contributed by atoms with Gasteiger partial charge in [0.15, 0.2) is 6.61 Å². The van der Waals surface area contributed by atoms with Gasteiger partial charge in [0.1, 0.15) is 0 Å². The number of aryl methyl sites for hydroxylation is 1. The normalized spacial score (nSPS) is 10.1. The summed E-state index contributed by atoms with van der Waals surface area (Å²) < 4.78 is 6.04. The van der Waals surface area contributed by atoms with E-state index >= 15 is 0 Å². The molecule has 0 aromatic heterocycles. The smallest absolute Gasteiger partial charge is 0.338 e. The fourth-order valence-corrected chi connectivity index (χ4v) is 2.23. The lowest BCUT2D eigenvalue weighted by Gasteiger charge is -2.08. The van der Waals surface area contributed by atoms with Crippen LogP contribution < -0.4 is 5.32 Å². The molecule has 0 atom stereocenters. The number of nitrogens with one attached hydrogen (secondary N) is 1. The summed E-state index contributed by atoms with van der Waals surface area (Å²) in [7, 11) is 0. The van der Waals surface area contributed by atoms with Crippen LogP contribution in [0.25, 0.3) is 0 Å². The van der Waals surface area contributed by atoms with E-state index in [4.69, 9.17) is 4.74 Å². The Kier molecular flexibility index (Phi) is 5.94. The molecule has 0 radical (unpaired) electrons. The highest BCUT2D eigenvalue weighted by Crippen LogP contribution is 2.11. The number of halogens is 1. The maximum absolute atomic E-state index is 11.8. The molecule has 0 saturated heterocycles. The molecular weight excluding hydrogens is 393 g/mol. The van der Waals surface area contributed by atoms with Crippen LogP contribution in [0.15, 0.2) is 48.5 Å². The van der Waals surface area contributed by atoms with E-state index in [1.165, 1.54) is 0 Å². The van der Waals surface area contributed by atoms with Crippen molar-refractivity contribution in [1.29, 1.82) is 0 Å². The number of esters is 1. The SMILES string of the molecule is CCc1cccc(NC(=O)COC(=O)c2ccc(I)cc2)c1. The number of carbonyl (C=O) groups excluding carboxylic acids is 2. The van der Waals surface area contributed by atoms with Gasteiger partial charge in [-0.2, -0.15) is 0 Å². The van der Waals surface area contributed by atoms with Crippen LogP contribution in [0.1, 0.15) is 22.8 Å². The van der Waals surface area contributed by atoms with E-state index in [2.05, 4.69) is 27.9 Å². The second-order valence-corrected chi connectivity index (χ2v) is 5.93. The van der Waals surface area contributed by atoms with E-state index < -0.39 is 5.97 Å². The van der Waals surface area contributed by atoms with E-state index in [1.807, 2.05) is 37.3 Å². The van der Waals surface area contributed by atoms with Crippen LogP contribution >= 0.6 is 22.6 Å². The number of carbonyl (C=O) groups is 2. The van der Waals surface area contributed by atoms with Gasteiger partial charge in [0.05, 0.1) is 5.56 Å². The average molecular weight is 409 g/mol. The Morgan fingerprint density at radius 3 is 2.55 bits per heavy atom. The Morgan fingerprint density at radius 2 is 1.86 bits per heavy atom. The van der Waals surface area contributed by atoms with Crippen LogP contribution in [0.2, 0.25) is 0 Å². The molecule has 2 aromatic rings. The molecular formula is C17H16INO3. The average Bonchev–Trinajstić information content (AvgIpc) is 2.53. The summed E-state index contributed by atoms with van der Waals surface area (Å²) in [5.41, 5.74) is 2.27. The molecule has 2 rings (SSSR count). The lowest BCUT2D eigenvalue weighted by molar-refractivity contribution is -0.119. The molecule has 0 fully saturated rings. The van der Waals surface area contributed by atoms with Crippen molar-refractivity contribution in [2.45, 2.75) is 13.3 Å². The summed E-state index contributed by atoms with van der Waals surface area (Å²) in [5.74, 6) is -0.860. The minimum absolute atomic E-state index is 0.304. The van der Waals surface area contributed by atoms with Crippen molar-refractivity contribution in [3.63, 3.8) is 0 Å². The van der Waals surface area contributed by atoms with E-state index in [0.717, 1.165) is 15.6 Å².